The molecule has 6 rings (SSSR count). The van der Waals surface area contributed by atoms with E-state index in [2.05, 4.69) is 15.1 Å². The fourth-order valence-electron chi connectivity index (χ4n) is 4.92. The van der Waals surface area contributed by atoms with E-state index in [0.717, 1.165) is 41.6 Å². The Morgan fingerprint density at radius 1 is 1.18 bits per heavy atom. The van der Waals surface area contributed by atoms with E-state index in [1.54, 1.807) is 0 Å². The van der Waals surface area contributed by atoms with E-state index in [0.29, 0.717) is 62.6 Å². The molecule has 2 aliphatic rings. The van der Waals surface area contributed by atoms with Gasteiger partial charge in [0, 0.05) is 29.4 Å². The van der Waals surface area contributed by atoms with Crippen LogP contribution in [0.5, 0.6) is 0 Å². The molecular weight excluding hydrogens is 556 g/mol. The highest BCUT2D eigenvalue weighted by molar-refractivity contribution is 7.18. The highest BCUT2D eigenvalue weighted by Gasteiger charge is 2.39. The lowest BCUT2D eigenvalue weighted by atomic mass is 9.83. The molecule has 4 aromatic rings. The molecule has 2 fully saturated rings. The zero-order chi connectivity index (χ0) is 26.6. The number of nitrogens with zero attached hydrogens (tertiary/aromatic N) is 3. The summed E-state index contributed by atoms with van der Waals surface area (Å²) >= 11 is 13.9. The molecule has 0 unspecified atom stereocenters. The SMILES string of the molecule is O=C(O)c1cc(F)c2nc(C3(O)CCC(OCc4c(-c5c(Cl)cncc5Cl)noc4C4CC4)CC3)sc2c1. The van der Waals surface area contributed by atoms with Crippen molar-refractivity contribution in [3.63, 3.8) is 0 Å². The predicted octanol–water partition coefficient (Wildman–Crippen LogP) is 6.71. The Kier molecular flexibility index (Phi) is 6.64. The number of ether oxygens (including phenoxy) is 1. The lowest BCUT2D eigenvalue weighted by molar-refractivity contribution is -0.0641. The number of benzene rings is 1. The number of carboxylic acids is 1. The van der Waals surface area contributed by atoms with Crippen molar-refractivity contribution in [3.05, 3.63) is 62.3 Å². The Balaban J connectivity index is 1.18. The van der Waals surface area contributed by atoms with Crippen molar-refractivity contribution in [3.8, 4) is 11.3 Å². The molecule has 1 aromatic carbocycles. The van der Waals surface area contributed by atoms with Gasteiger partial charge in [-0.25, -0.2) is 14.2 Å². The largest absolute Gasteiger partial charge is 0.478 e. The molecule has 3 heterocycles. The second kappa shape index (κ2) is 9.84. The lowest BCUT2D eigenvalue weighted by Gasteiger charge is -2.34. The smallest absolute Gasteiger partial charge is 0.335 e. The summed E-state index contributed by atoms with van der Waals surface area (Å²) < 4.78 is 26.8. The average Bonchev–Trinajstić information content (AvgIpc) is 3.48. The van der Waals surface area contributed by atoms with Crippen LogP contribution in [0.3, 0.4) is 0 Å². The van der Waals surface area contributed by atoms with Crippen LogP contribution in [0.15, 0.2) is 29.0 Å². The van der Waals surface area contributed by atoms with E-state index in [9.17, 15) is 19.4 Å². The summed E-state index contributed by atoms with van der Waals surface area (Å²) in [6, 6.07) is 2.33. The van der Waals surface area contributed by atoms with Crippen LogP contribution in [0, 0.1) is 5.82 Å². The molecule has 0 atom stereocenters. The summed E-state index contributed by atoms with van der Waals surface area (Å²) in [6.45, 7) is 0.257. The number of rotatable bonds is 7. The van der Waals surface area contributed by atoms with E-state index in [1.165, 1.54) is 18.5 Å². The molecule has 0 spiro atoms. The summed E-state index contributed by atoms with van der Waals surface area (Å²) in [5.74, 6) is -0.847. The molecule has 12 heteroatoms. The van der Waals surface area contributed by atoms with E-state index in [4.69, 9.17) is 32.5 Å². The topological polar surface area (TPSA) is 119 Å². The number of pyridine rings is 1. The predicted molar refractivity (Wildman–Crippen MR) is 139 cm³/mol. The van der Waals surface area contributed by atoms with Crippen LogP contribution in [-0.2, 0) is 16.9 Å². The molecule has 0 aliphatic heterocycles. The van der Waals surface area contributed by atoms with Gasteiger partial charge in [0.15, 0.2) is 5.82 Å². The first kappa shape index (κ1) is 25.6. The number of aromatic nitrogens is 3. The van der Waals surface area contributed by atoms with Crippen LogP contribution in [0.4, 0.5) is 4.39 Å². The second-order valence-electron chi connectivity index (χ2n) is 9.80. The average molecular weight is 578 g/mol. The van der Waals surface area contributed by atoms with Crippen LogP contribution < -0.4 is 0 Å². The Bertz CT molecular complexity index is 1530. The Labute approximate surface area is 230 Å². The summed E-state index contributed by atoms with van der Waals surface area (Å²) in [7, 11) is 0. The Hall–Kier alpha value is -2.63. The number of carboxylic acid groups (broad SMARTS) is 1. The third-order valence-electron chi connectivity index (χ3n) is 7.17. The van der Waals surface area contributed by atoms with Gasteiger partial charge in [0.05, 0.1) is 33.0 Å². The standard InChI is InChI=1S/C26H22Cl2FN3O5S/c27-16-9-30-10-17(28)20(16)21-15(23(37-32-21)12-1-2-12)11-36-14-3-5-26(35,6-4-14)25-31-22-18(29)7-13(24(33)34)8-19(22)38-25/h7-10,12,14,35H,1-6,11H2,(H,33,34). The number of fused-ring (bicyclic) bond motifs is 1. The quantitative estimate of drug-likeness (QED) is 0.248. The number of hydrogen-bond donors (Lipinski definition) is 2. The van der Waals surface area contributed by atoms with Gasteiger partial charge in [-0.15, -0.1) is 11.3 Å². The van der Waals surface area contributed by atoms with Gasteiger partial charge >= 0.3 is 5.97 Å². The van der Waals surface area contributed by atoms with Gasteiger partial charge in [-0.2, -0.15) is 0 Å². The highest BCUT2D eigenvalue weighted by Crippen LogP contribution is 2.47. The molecule has 198 valence electrons. The molecule has 2 N–H and O–H groups in total. The Morgan fingerprint density at radius 2 is 1.89 bits per heavy atom. The van der Waals surface area contributed by atoms with Gasteiger partial charge in [0.25, 0.3) is 0 Å². The monoisotopic (exact) mass is 577 g/mol. The molecule has 2 aliphatic carbocycles. The summed E-state index contributed by atoms with van der Waals surface area (Å²) in [5, 5.41) is 26.0. The maximum absolute atomic E-state index is 14.5. The van der Waals surface area contributed by atoms with Crippen molar-refractivity contribution in [2.24, 2.45) is 0 Å². The summed E-state index contributed by atoms with van der Waals surface area (Å²) in [5.41, 5.74) is 0.613. The molecule has 8 nitrogen and oxygen atoms in total. The first-order valence-corrected chi connectivity index (χ1v) is 13.8. The van der Waals surface area contributed by atoms with Crippen LogP contribution in [0.25, 0.3) is 21.5 Å². The molecule has 0 saturated heterocycles. The van der Waals surface area contributed by atoms with E-state index in [-0.39, 0.29) is 23.8 Å². The zero-order valence-corrected chi connectivity index (χ0v) is 22.2. The van der Waals surface area contributed by atoms with Crippen LogP contribution >= 0.6 is 34.5 Å². The molecule has 0 amide bonds. The van der Waals surface area contributed by atoms with Crippen molar-refractivity contribution in [1.82, 2.24) is 15.1 Å². The first-order valence-electron chi connectivity index (χ1n) is 12.2. The Morgan fingerprint density at radius 3 is 2.55 bits per heavy atom. The molecule has 38 heavy (non-hydrogen) atoms. The summed E-state index contributed by atoms with van der Waals surface area (Å²) in [6.07, 6.45) is 6.81. The molecule has 3 aromatic heterocycles. The van der Waals surface area contributed by atoms with Gasteiger partial charge in [0.1, 0.15) is 27.6 Å². The number of aliphatic hydroxyl groups is 1. The molecule has 2 saturated carbocycles. The number of hydrogen-bond acceptors (Lipinski definition) is 8. The van der Waals surface area contributed by atoms with Gasteiger partial charge in [0.2, 0.25) is 0 Å². The number of halogens is 3. The number of aromatic carboxylic acids is 1. The minimum Gasteiger partial charge on any atom is -0.478 e. The normalized spacial score (nSPS) is 21.7. The number of carbonyl (C=O) groups is 1. The van der Waals surface area contributed by atoms with Crippen molar-refractivity contribution < 1.29 is 28.7 Å². The van der Waals surface area contributed by atoms with Crippen molar-refractivity contribution >= 4 is 50.7 Å². The zero-order valence-electron chi connectivity index (χ0n) is 19.9. The first-order chi connectivity index (χ1) is 18.2. The van der Waals surface area contributed by atoms with Crippen molar-refractivity contribution in [2.45, 2.75) is 62.8 Å². The third kappa shape index (κ3) is 4.69. The van der Waals surface area contributed by atoms with Crippen molar-refractivity contribution in [2.75, 3.05) is 0 Å². The van der Waals surface area contributed by atoms with Gasteiger partial charge in [-0.05, 0) is 50.7 Å². The maximum Gasteiger partial charge on any atom is 0.335 e. The fraction of sp³-hybridized carbons (Fsp3) is 0.385. The lowest BCUT2D eigenvalue weighted by Crippen LogP contribution is -2.34. The summed E-state index contributed by atoms with van der Waals surface area (Å²) in [4.78, 5) is 19.6. The second-order valence-corrected chi connectivity index (χ2v) is 11.6. The van der Waals surface area contributed by atoms with E-state index >= 15 is 0 Å². The minimum atomic E-state index is -1.24. The van der Waals surface area contributed by atoms with Gasteiger partial charge in [-0.1, -0.05) is 28.4 Å². The third-order valence-corrected chi connectivity index (χ3v) is 8.94. The minimum absolute atomic E-state index is 0.0721. The van der Waals surface area contributed by atoms with Crippen LogP contribution in [-0.4, -0.2) is 37.4 Å². The van der Waals surface area contributed by atoms with E-state index < -0.39 is 17.4 Å². The highest BCUT2D eigenvalue weighted by atomic mass is 35.5. The molecule has 0 radical (unpaired) electrons. The van der Waals surface area contributed by atoms with Crippen LogP contribution in [0.1, 0.15) is 71.1 Å². The molecular formula is C26H22Cl2FN3O5S. The molecule has 0 bridgehead atoms. The van der Waals surface area contributed by atoms with Crippen molar-refractivity contribution in [1.29, 1.82) is 0 Å². The van der Waals surface area contributed by atoms with Crippen LogP contribution in [0.2, 0.25) is 10.0 Å². The maximum atomic E-state index is 14.5. The number of thiazole rings is 1. The van der Waals surface area contributed by atoms with Gasteiger partial charge < -0.3 is 19.5 Å². The fourth-order valence-corrected chi connectivity index (χ4v) is 6.63. The van der Waals surface area contributed by atoms with Gasteiger partial charge in [-0.3, -0.25) is 4.98 Å². The van der Waals surface area contributed by atoms with E-state index in [1.807, 2.05) is 0 Å².